The third kappa shape index (κ3) is 1.47. The van der Waals surface area contributed by atoms with E-state index in [2.05, 4.69) is 9.97 Å². The molecular weight excluding hydrogens is 154 g/mol. The van der Waals surface area contributed by atoms with E-state index in [-0.39, 0.29) is 0 Å². The molecule has 64 valence electrons. The maximum atomic E-state index is 5.46. The van der Waals surface area contributed by atoms with Crippen molar-refractivity contribution in [1.29, 1.82) is 0 Å². The van der Waals surface area contributed by atoms with Crippen LogP contribution in [0.15, 0.2) is 12.3 Å². The average Bonchev–Trinajstić information content (AvgIpc) is 1.97. The fraction of sp³-hybridized carbons (Fsp3) is 0.500. The normalized spacial score (nSPS) is 17.0. The van der Waals surface area contributed by atoms with Crippen molar-refractivity contribution in [2.24, 2.45) is 0 Å². The van der Waals surface area contributed by atoms with Gasteiger partial charge in [-0.15, -0.1) is 0 Å². The highest BCUT2D eigenvalue weighted by molar-refractivity contribution is 5.26. The van der Waals surface area contributed by atoms with Gasteiger partial charge < -0.3 is 10.5 Å². The summed E-state index contributed by atoms with van der Waals surface area (Å²) in [6.45, 7) is 0. The maximum Gasteiger partial charge on any atom is 0.318 e. The fourth-order valence-electron chi connectivity index (χ4n) is 1.05. The molecule has 1 aromatic heterocycles. The number of nitrogens with two attached hydrogens (primary N) is 1. The molecule has 1 fully saturated rings. The molecule has 0 aromatic carbocycles. The second kappa shape index (κ2) is 2.97. The Morgan fingerprint density at radius 2 is 2.33 bits per heavy atom. The van der Waals surface area contributed by atoms with Crippen LogP contribution in [-0.4, -0.2) is 16.1 Å². The molecule has 0 unspecified atom stereocenters. The van der Waals surface area contributed by atoms with Crippen molar-refractivity contribution in [2.45, 2.75) is 25.4 Å². The molecule has 1 saturated carbocycles. The van der Waals surface area contributed by atoms with Gasteiger partial charge in [0.1, 0.15) is 11.9 Å². The molecule has 4 nitrogen and oxygen atoms in total. The lowest BCUT2D eigenvalue weighted by Gasteiger charge is -2.24. The van der Waals surface area contributed by atoms with Crippen LogP contribution >= 0.6 is 0 Å². The molecule has 1 aliphatic rings. The van der Waals surface area contributed by atoms with Gasteiger partial charge in [0.2, 0.25) is 0 Å². The molecule has 1 heterocycles. The van der Waals surface area contributed by atoms with E-state index in [0.29, 0.717) is 17.9 Å². The van der Waals surface area contributed by atoms with Gasteiger partial charge >= 0.3 is 6.01 Å². The molecule has 12 heavy (non-hydrogen) atoms. The van der Waals surface area contributed by atoms with Crippen LogP contribution < -0.4 is 10.5 Å². The van der Waals surface area contributed by atoms with Gasteiger partial charge in [-0.3, -0.25) is 0 Å². The number of anilines is 1. The number of rotatable bonds is 2. The highest BCUT2D eigenvalue weighted by Gasteiger charge is 2.19. The van der Waals surface area contributed by atoms with Crippen molar-refractivity contribution in [1.82, 2.24) is 9.97 Å². The van der Waals surface area contributed by atoms with E-state index in [1.807, 2.05) is 0 Å². The minimum Gasteiger partial charge on any atom is -0.460 e. The van der Waals surface area contributed by atoms with E-state index in [1.165, 1.54) is 6.42 Å². The van der Waals surface area contributed by atoms with E-state index in [0.717, 1.165) is 12.8 Å². The van der Waals surface area contributed by atoms with E-state index in [1.54, 1.807) is 12.3 Å². The number of hydrogen-bond donors (Lipinski definition) is 1. The molecule has 0 amide bonds. The van der Waals surface area contributed by atoms with Crippen LogP contribution in [0.5, 0.6) is 6.01 Å². The van der Waals surface area contributed by atoms with Crippen LogP contribution in [0, 0.1) is 0 Å². The summed E-state index contributed by atoms with van der Waals surface area (Å²) in [4.78, 5) is 7.89. The quantitative estimate of drug-likeness (QED) is 0.709. The maximum absolute atomic E-state index is 5.46. The summed E-state index contributed by atoms with van der Waals surface area (Å²) >= 11 is 0. The SMILES string of the molecule is Nc1ccnc(OC2CCC2)n1. The summed E-state index contributed by atoms with van der Waals surface area (Å²) in [5.74, 6) is 0.458. The lowest BCUT2D eigenvalue weighted by atomic mass is 9.96. The van der Waals surface area contributed by atoms with E-state index >= 15 is 0 Å². The Morgan fingerprint density at radius 3 is 2.92 bits per heavy atom. The van der Waals surface area contributed by atoms with Crippen molar-refractivity contribution in [3.8, 4) is 6.01 Å². The second-order valence-electron chi connectivity index (χ2n) is 2.93. The lowest BCUT2D eigenvalue weighted by molar-refractivity contribution is 0.109. The standard InChI is InChI=1S/C8H11N3O/c9-7-4-5-10-8(11-7)12-6-2-1-3-6/h4-6H,1-3H2,(H2,9,10,11). The predicted molar refractivity (Wildman–Crippen MR) is 44.7 cm³/mol. The van der Waals surface area contributed by atoms with Crippen LogP contribution in [0.1, 0.15) is 19.3 Å². The Bertz CT molecular complexity index is 273. The van der Waals surface area contributed by atoms with E-state index in [9.17, 15) is 0 Å². The molecule has 4 heteroatoms. The van der Waals surface area contributed by atoms with Crippen LogP contribution in [0.3, 0.4) is 0 Å². The van der Waals surface area contributed by atoms with Crippen molar-refractivity contribution >= 4 is 5.82 Å². The third-order valence-electron chi connectivity index (χ3n) is 1.98. The number of nitrogens with zero attached hydrogens (tertiary/aromatic N) is 2. The molecule has 1 aromatic rings. The number of ether oxygens (including phenoxy) is 1. The van der Waals surface area contributed by atoms with Crippen molar-refractivity contribution in [2.75, 3.05) is 5.73 Å². The van der Waals surface area contributed by atoms with Crippen LogP contribution in [-0.2, 0) is 0 Å². The van der Waals surface area contributed by atoms with Gasteiger partial charge in [-0.2, -0.15) is 4.98 Å². The second-order valence-corrected chi connectivity index (χ2v) is 2.93. The van der Waals surface area contributed by atoms with Crippen molar-refractivity contribution in [3.05, 3.63) is 12.3 Å². The minimum atomic E-state index is 0.312. The molecule has 0 spiro atoms. The van der Waals surface area contributed by atoms with Gasteiger partial charge in [0.05, 0.1) is 0 Å². The Hall–Kier alpha value is -1.32. The number of nitrogen functional groups attached to an aromatic ring is 1. The van der Waals surface area contributed by atoms with E-state index < -0.39 is 0 Å². The molecule has 0 radical (unpaired) electrons. The summed E-state index contributed by atoms with van der Waals surface area (Å²) < 4.78 is 5.43. The van der Waals surface area contributed by atoms with Gasteiger partial charge in [-0.05, 0) is 25.3 Å². The first-order chi connectivity index (χ1) is 5.84. The zero-order chi connectivity index (χ0) is 8.39. The first kappa shape index (κ1) is 7.34. The van der Waals surface area contributed by atoms with Gasteiger partial charge in [0.15, 0.2) is 0 Å². The molecule has 0 atom stereocenters. The van der Waals surface area contributed by atoms with Gasteiger partial charge in [-0.1, -0.05) is 0 Å². The van der Waals surface area contributed by atoms with Crippen LogP contribution in [0.4, 0.5) is 5.82 Å². The molecule has 0 bridgehead atoms. The summed E-state index contributed by atoms with van der Waals surface area (Å²) in [5, 5.41) is 0. The third-order valence-corrected chi connectivity index (χ3v) is 1.98. The first-order valence-corrected chi connectivity index (χ1v) is 4.10. The highest BCUT2D eigenvalue weighted by Crippen LogP contribution is 2.22. The summed E-state index contributed by atoms with van der Waals surface area (Å²) in [7, 11) is 0. The zero-order valence-electron chi connectivity index (χ0n) is 6.73. The molecule has 0 saturated heterocycles. The number of hydrogen-bond acceptors (Lipinski definition) is 4. The molecular formula is C8H11N3O. The Morgan fingerprint density at radius 1 is 1.50 bits per heavy atom. The zero-order valence-corrected chi connectivity index (χ0v) is 6.73. The molecule has 0 aliphatic heterocycles. The Balaban J connectivity index is 2.02. The highest BCUT2D eigenvalue weighted by atomic mass is 16.5. The molecule has 1 aliphatic carbocycles. The smallest absolute Gasteiger partial charge is 0.318 e. The minimum absolute atomic E-state index is 0.312. The average molecular weight is 165 g/mol. The molecule has 2 N–H and O–H groups in total. The van der Waals surface area contributed by atoms with Gasteiger partial charge in [-0.25, -0.2) is 4.98 Å². The van der Waals surface area contributed by atoms with Crippen LogP contribution in [0.2, 0.25) is 0 Å². The topological polar surface area (TPSA) is 61.0 Å². The van der Waals surface area contributed by atoms with E-state index in [4.69, 9.17) is 10.5 Å². The summed E-state index contributed by atoms with van der Waals surface area (Å²) in [5.41, 5.74) is 5.46. The fourth-order valence-corrected chi connectivity index (χ4v) is 1.05. The first-order valence-electron chi connectivity index (χ1n) is 4.10. The van der Waals surface area contributed by atoms with Crippen molar-refractivity contribution < 1.29 is 4.74 Å². The monoisotopic (exact) mass is 165 g/mol. The predicted octanol–water partition coefficient (Wildman–Crippen LogP) is 0.990. The van der Waals surface area contributed by atoms with Gasteiger partial charge in [0.25, 0.3) is 0 Å². The van der Waals surface area contributed by atoms with Gasteiger partial charge in [0, 0.05) is 6.20 Å². The Kier molecular flexibility index (Phi) is 1.81. The summed E-state index contributed by atoms with van der Waals surface area (Å²) in [6.07, 6.45) is 5.38. The lowest BCUT2D eigenvalue weighted by Crippen LogP contribution is -2.25. The Labute approximate surface area is 70.8 Å². The number of aromatic nitrogens is 2. The largest absolute Gasteiger partial charge is 0.460 e. The summed E-state index contributed by atoms with van der Waals surface area (Å²) in [6, 6.07) is 2.05. The van der Waals surface area contributed by atoms with Crippen LogP contribution in [0.25, 0.3) is 0 Å². The van der Waals surface area contributed by atoms with Crippen molar-refractivity contribution in [3.63, 3.8) is 0 Å². The molecule has 2 rings (SSSR count).